The third-order valence-corrected chi connectivity index (χ3v) is 3.32. The van der Waals surface area contributed by atoms with E-state index in [9.17, 15) is 0 Å². The van der Waals surface area contributed by atoms with Gasteiger partial charge in [-0.2, -0.15) is 0 Å². The Morgan fingerprint density at radius 3 is 2.57 bits per heavy atom. The van der Waals surface area contributed by atoms with Crippen LogP contribution in [0.2, 0.25) is 0 Å². The minimum Gasteiger partial charge on any atom is -0.490 e. The standard InChI is InChI=1S/C17H19NO2S/c1-2-13-6-3-4-9-16(13)20-11-10-19-15-8-5-7-14(12-15)17(18)21/h3-9,12H,2,10-11H2,1H3,(H2,18,21). The Labute approximate surface area is 130 Å². The van der Waals surface area contributed by atoms with Crippen LogP contribution in [0.5, 0.6) is 11.5 Å². The van der Waals surface area contributed by atoms with Gasteiger partial charge in [0, 0.05) is 5.56 Å². The van der Waals surface area contributed by atoms with Gasteiger partial charge in [0.15, 0.2) is 0 Å². The van der Waals surface area contributed by atoms with Crippen LogP contribution >= 0.6 is 12.2 Å². The van der Waals surface area contributed by atoms with Gasteiger partial charge >= 0.3 is 0 Å². The van der Waals surface area contributed by atoms with E-state index in [2.05, 4.69) is 13.0 Å². The largest absolute Gasteiger partial charge is 0.490 e. The van der Waals surface area contributed by atoms with Crippen molar-refractivity contribution in [3.05, 3.63) is 59.7 Å². The van der Waals surface area contributed by atoms with E-state index in [0.717, 1.165) is 23.5 Å². The lowest BCUT2D eigenvalue weighted by atomic mass is 10.1. The number of para-hydroxylation sites is 1. The first kappa shape index (κ1) is 15.3. The summed E-state index contributed by atoms with van der Waals surface area (Å²) in [6, 6.07) is 15.5. The number of rotatable bonds is 7. The highest BCUT2D eigenvalue weighted by molar-refractivity contribution is 7.80. The predicted octanol–water partition coefficient (Wildman–Crippen LogP) is 3.34. The van der Waals surface area contributed by atoms with Crippen molar-refractivity contribution in [3.63, 3.8) is 0 Å². The maximum absolute atomic E-state index is 5.75. The third kappa shape index (κ3) is 4.46. The molecule has 0 saturated carbocycles. The van der Waals surface area contributed by atoms with Crippen LogP contribution in [0.1, 0.15) is 18.1 Å². The van der Waals surface area contributed by atoms with E-state index in [1.54, 1.807) is 0 Å². The van der Waals surface area contributed by atoms with Crippen LogP contribution < -0.4 is 15.2 Å². The molecule has 110 valence electrons. The van der Waals surface area contributed by atoms with Gasteiger partial charge in [0.05, 0.1) is 0 Å². The molecule has 0 aliphatic heterocycles. The maximum Gasteiger partial charge on any atom is 0.122 e. The Hall–Kier alpha value is -2.07. The molecule has 0 fully saturated rings. The van der Waals surface area contributed by atoms with Gasteiger partial charge in [-0.3, -0.25) is 0 Å². The Balaban J connectivity index is 1.85. The van der Waals surface area contributed by atoms with Crippen LogP contribution in [-0.4, -0.2) is 18.2 Å². The van der Waals surface area contributed by atoms with E-state index < -0.39 is 0 Å². The van der Waals surface area contributed by atoms with Crippen LogP contribution in [-0.2, 0) is 6.42 Å². The Bertz CT molecular complexity index is 613. The lowest BCUT2D eigenvalue weighted by Crippen LogP contribution is -2.11. The van der Waals surface area contributed by atoms with Crippen molar-refractivity contribution in [1.82, 2.24) is 0 Å². The quantitative estimate of drug-likeness (QED) is 0.629. The molecule has 4 heteroatoms. The van der Waals surface area contributed by atoms with Crippen LogP contribution in [0.4, 0.5) is 0 Å². The molecule has 2 aromatic rings. The number of thiocarbonyl (C=S) groups is 1. The topological polar surface area (TPSA) is 44.5 Å². The van der Waals surface area contributed by atoms with E-state index in [-0.39, 0.29) is 0 Å². The maximum atomic E-state index is 5.75. The molecule has 0 aliphatic rings. The van der Waals surface area contributed by atoms with E-state index >= 15 is 0 Å². The van der Waals surface area contributed by atoms with Crippen LogP contribution in [0.25, 0.3) is 0 Å². The fourth-order valence-electron chi connectivity index (χ4n) is 1.99. The second-order valence-electron chi connectivity index (χ2n) is 4.55. The third-order valence-electron chi connectivity index (χ3n) is 3.08. The fourth-order valence-corrected chi connectivity index (χ4v) is 2.11. The molecule has 2 N–H and O–H groups in total. The Kier molecular flexibility index (Phi) is 5.58. The predicted molar refractivity (Wildman–Crippen MR) is 89.1 cm³/mol. The van der Waals surface area contributed by atoms with Crippen molar-refractivity contribution in [2.45, 2.75) is 13.3 Å². The minimum absolute atomic E-state index is 0.369. The van der Waals surface area contributed by atoms with E-state index in [1.165, 1.54) is 5.56 Å². The molecule has 3 nitrogen and oxygen atoms in total. The molecule has 2 rings (SSSR count). The number of hydrogen-bond acceptors (Lipinski definition) is 3. The van der Waals surface area contributed by atoms with Gasteiger partial charge in [0.2, 0.25) is 0 Å². The monoisotopic (exact) mass is 301 g/mol. The van der Waals surface area contributed by atoms with Crippen molar-refractivity contribution in [3.8, 4) is 11.5 Å². The van der Waals surface area contributed by atoms with Gasteiger partial charge in [-0.05, 0) is 30.2 Å². The normalized spacial score (nSPS) is 10.1. The molecule has 0 bridgehead atoms. The molecule has 0 atom stereocenters. The summed E-state index contributed by atoms with van der Waals surface area (Å²) in [6.07, 6.45) is 0.951. The zero-order valence-electron chi connectivity index (χ0n) is 12.0. The van der Waals surface area contributed by atoms with Crippen molar-refractivity contribution in [2.75, 3.05) is 13.2 Å². The summed E-state index contributed by atoms with van der Waals surface area (Å²) in [5.74, 6) is 1.66. The smallest absolute Gasteiger partial charge is 0.122 e. The fraction of sp³-hybridized carbons (Fsp3) is 0.235. The summed E-state index contributed by atoms with van der Waals surface area (Å²) in [6.45, 7) is 3.08. The molecule has 0 heterocycles. The van der Waals surface area contributed by atoms with E-state index in [1.807, 2.05) is 42.5 Å². The van der Waals surface area contributed by atoms with Crippen LogP contribution in [0.15, 0.2) is 48.5 Å². The highest BCUT2D eigenvalue weighted by atomic mass is 32.1. The van der Waals surface area contributed by atoms with Crippen molar-refractivity contribution >= 4 is 17.2 Å². The highest BCUT2D eigenvalue weighted by Crippen LogP contribution is 2.18. The summed E-state index contributed by atoms with van der Waals surface area (Å²) >= 11 is 4.95. The lowest BCUT2D eigenvalue weighted by Gasteiger charge is -2.11. The minimum atomic E-state index is 0.369. The van der Waals surface area contributed by atoms with Crippen LogP contribution in [0.3, 0.4) is 0 Å². The molecule has 0 saturated heterocycles. The summed E-state index contributed by atoms with van der Waals surface area (Å²) < 4.78 is 11.4. The van der Waals surface area contributed by atoms with Gasteiger partial charge in [-0.15, -0.1) is 0 Å². The Morgan fingerprint density at radius 2 is 1.81 bits per heavy atom. The number of benzene rings is 2. The highest BCUT2D eigenvalue weighted by Gasteiger charge is 2.02. The Morgan fingerprint density at radius 1 is 1.05 bits per heavy atom. The van der Waals surface area contributed by atoms with Gasteiger partial charge in [0.25, 0.3) is 0 Å². The van der Waals surface area contributed by atoms with Gasteiger partial charge in [-0.1, -0.05) is 49.5 Å². The molecular formula is C17H19NO2S. The summed E-state index contributed by atoms with van der Waals surface area (Å²) in [4.78, 5) is 0.369. The van der Waals surface area contributed by atoms with E-state index in [4.69, 9.17) is 27.4 Å². The number of hydrogen-bond donors (Lipinski definition) is 1. The molecule has 0 aromatic heterocycles. The van der Waals surface area contributed by atoms with Crippen LogP contribution in [0, 0.1) is 0 Å². The van der Waals surface area contributed by atoms with E-state index in [0.29, 0.717) is 18.2 Å². The molecular weight excluding hydrogens is 282 g/mol. The first-order valence-electron chi connectivity index (χ1n) is 6.94. The number of aryl methyl sites for hydroxylation is 1. The summed E-state index contributed by atoms with van der Waals surface area (Å²) in [5.41, 5.74) is 7.60. The lowest BCUT2D eigenvalue weighted by molar-refractivity contribution is 0.216. The average Bonchev–Trinajstić information content (AvgIpc) is 2.52. The van der Waals surface area contributed by atoms with Gasteiger partial charge in [0.1, 0.15) is 29.7 Å². The molecule has 0 amide bonds. The first-order valence-corrected chi connectivity index (χ1v) is 7.35. The summed E-state index contributed by atoms with van der Waals surface area (Å²) in [5, 5.41) is 0. The van der Waals surface area contributed by atoms with Gasteiger partial charge in [-0.25, -0.2) is 0 Å². The molecule has 21 heavy (non-hydrogen) atoms. The average molecular weight is 301 g/mol. The van der Waals surface area contributed by atoms with Crippen molar-refractivity contribution in [2.24, 2.45) is 5.73 Å². The summed E-state index contributed by atoms with van der Waals surface area (Å²) in [7, 11) is 0. The second-order valence-corrected chi connectivity index (χ2v) is 4.99. The zero-order chi connectivity index (χ0) is 15.1. The van der Waals surface area contributed by atoms with Crippen molar-refractivity contribution < 1.29 is 9.47 Å². The molecule has 0 unspecified atom stereocenters. The van der Waals surface area contributed by atoms with Gasteiger partial charge < -0.3 is 15.2 Å². The SMILES string of the molecule is CCc1ccccc1OCCOc1cccc(C(N)=S)c1. The molecule has 0 spiro atoms. The number of nitrogens with two attached hydrogens (primary N) is 1. The second kappa shape index (κ2) is 7.64. The zero-order valence-corrected chi connectivity index (χ0v) is 12.9. The molecule has 0 radical (unpaired) electrons. The number of ether oxygens (including phenoxy) is 2. The van der Waals surface area contributed by atoms with Crippen molar-refractivity contribution in [1.29, 1.82) is 0 Å². The molecule has 2 aromatic carbocycles. The molecule has 0 aliphatic carbocycles. The first-order chi connectivity index (χ1) is 10.2.